The molecule has 0 bridgehead atoms. The van der Waals surface area contributed by atoms with Crippen molar-refractivity contribution in [1.82, 2.24) is 29.9 Å². The smallest absolute Gasteiger partial charge is 0.163 e. The Morgan fingerprint density at radius 2 is 2.23 bits per heavy atom. The molecule has 1 aliphatic rings. The summed E-state index contributed by atoms with van der Waals surface area (Å²) < 4.78 is 6.96. The Hall–Kier alpha value is -2.48. The maximum Gasteiger partial charge on any atom is 0.163 e. The summed E-state index contributed by atoms with van der Waals surface area (Å²) in [5.41, 5.74) is 3.26. The Balaban J connectivity index is 1.80. The van der Waals surface area contributed by atoms with E-state index in [4.69, 9.17) is 9.72 Å². The molecule has 1 aliphatic heterocycles. The van der Waals surface area contributed by atoms with Crippen LogP contribution in [0.15, 0.2) is 12.4 Å². The van der Waals surface area contributed by atoms with Gasteiger partial charge in [0.2, 0.25) is 0 Å². The Bertz CT molecular complexity index is 822. The molecule has 0 atom stereocenters. The first kappa shape index (κ1) is 13.2. The van der Waals surface area contributed by atoms with E-state index in [0.717, 1.165) is 36.4 Å². The molecule has 22 heavy (non-hydrogen) atoms. The summed E-state index contributed by atoms with van der Waals surface area (Å²) >= 11 is 0. The zero-order valence-electron chi connectivity index (χ0n) is 12.6. The largest absolute Gasteiger partial charge is 0.377 e. The van der Waals surface area contributed by atoms with E-state index in [-0.39, 0.29) is 0 Å². The Morgan fingerprint density at radius 3 is 3.09 bits per heavy atom. The minimum absolute atomic E-state index is 0.388. The van der Waals surface area contributed by atoms with Gasteiger partial charge >= 0.3 is 0 Å². The molecule has 8 heteroatoms. The molecule has 0 amide bonds. The molecule has 0 fully saturated rings. The second kappa shape index (κ2) is 5.06. The van der Waals surface area contributed by atoms with Gasteiger partial charge in [-0.05, 0) is 0 Å². The van der Waals surface area contributed by atoms with Gasteiger partial charge in [-0.15, -0.1) is 0 Å². The van der Waals surface area contributed by atoms with Crippen molar-refractivity contribution in [2.24, 2.45) is 7.05 Å². The van der Waals surface area contributed by atoms with E-state index in [2.05, 4.69) is 25.2 Å². The minimum atomic E-state index is 0.388. The molecule has 8 nitrogen and oxygen atoms in total. The highest BCUT2D eigenvalue weighted by Crippen LogP contribution is 2.28. The van der Waals surface area contributed by atoms with Crippen LogP contribution < -0.4 is 4.90 Å². The second-order valence-corrected chi connectivity index (χ2v) is 5.45. The van der Waals surface area contributed by atoms with E-state index in [9.17, 15) is 0 Å². The fourth-order valence-corrected chi connectivity index (χ4v) is 2.89. The van der Waals surface area contributed by atoms with Crippen LogP contribution in [-0.2, 0) is 31.4 Å². The van der Waals surface area contributed by atoms with Crippen molar-refractivity contribution in [3.8, 4) is 0 Å². The summed E-state index contributed by atoms with van der Waals surface area (Å²) in [6.45, 7) is 2.07. The number of hydrogen-bond acceptors (Lipinski definition) is 6. The number of nitrogens with one attached hydrogen (secondary N) is 1. The number of aryl methyl sites for hydroxylation is 1. The topological polar surface area (TPSA) is 84.8 Å². The molecule has 4 rings (SSSR count). The molecule has 114 valence electrons. The average molecular weight is 299 g/mol. The molecule has 0 saturated carbocycles. The first-order valence-electron chi connectivity index (χ1n) is 7.20. The highest BCUT2D eigenvalue weighted by Gasteiger charge is 2.22. The molecular formula is C14H17N7O. The Kier molecular flexibility index (Phi) is 3.04. The monoisotopic (exact) mass is 299 g/mol. The third-order valence-corrected chi connectivity index (χ3v) is 3.99. The minimum Gasteiger partial charge on any atom is -0.377 e. The number of aromatic nitrogens is 6. The van der Waals surface area contributed by atoms with Crippen molar-refractivity contribution in [1.29, 1.82) is 0 Å². The van der Waals surface area contributed by atoms with Crippen molar-refractivity contribution in [2.75, 3.05) is 18.6 Å². The quantitative estimate of drug-likeness (QED) is 0.770. The highest BCUT2D eigenvalue weighted by atomic mass is 16.5. The van der Waals surface area contributed by atoms with Crippen LogP contribution in [0.5, 0.6) is 0 Å². The molecular weight excluding hydrogens is 282 g/mol. The molecule has 0 unspecified atom stereocenters. The zero-order valence-corrected chi connectivity index (χ0v) is 12.6. The van der Waals surface area contributed by atoms with Crippen molar-refractivity contribution >= 4 is 16.9 Å². The Morgan fingerprint density at radius 1 is 1.32 bits per heavy atom. The molecule has 1 N–H and O–H groups in total. The number of rotatable bonds is 3. The summed E-state index contributed by atoms with van der Waals surface area (Å²) in [4.78, 5) is 11.5. The number of anilines is 1. The van der Waals surface area contributed by atoms with Crippen LogP contribution in [-0.4, -0.2) is 43.6 Å². The number of fused-ring (bicyclic) bond motifs is 2. The van der Waals surface area contributed by atoms with Crippen molar-refractivity contribution < 1.29 is 4.74 Å². The molecule has 3 aromatic heterocycles. The maximum absolute atomic E-state index is 5.19. The summed E-state index contributed by atoms with van der Waals surface area (Å²) in [7, 11) is 3.54. The predicted octanol–water partition coefficient (Wildman–Crippen LogP) is 0.795. The normalized spacial score (nSPS) is 14.5. The lowest BCUT2D eigenvalue weighted by atomic mass is 10.1. The first-order valence-corrected chi connectivity index (χ1v) is 7.20. The van der Waals surface area contributed by atoms with Crippen LogP contribution in [0.25, 0.3) is 11.0 Å². The predicted molar refractivity (Wildman–Crippen MR) is 80.4 cm³/mol. The highest BCUT2D eigenvalue weighted by molar-refractivity contribution is 5.87. The summed E-state index contributed by atoms with van der Waals surface area (Å²) in [5, 5.41) is 12.5. The standard InChI is InChI=1S/C14H17N7O/c1-20-13-10(6-16-20)14(18-12(17-13)8-22-2)21-4-3-11-9(7-21)5-15-19-11/h5-6H,3-4,7-8H2,1-2H3,(H,15,19). The van der Waals surface area contributed by atoms with Gasteiger partial charge in [0, 0.05) is 44.9 Å². The van der Waals surface area contributed by atoms with Gasteiger partial charge in [-0.1, -0.05) is 0 Å². The fraction of sp³-hybridized carbons (Fsp3) is 0.429. The molecule has 0 aromatic carbocycles. The van der Waals surface area contributed by atoms with E-state index in [0.29, 0.717) is 12.4 Å². The van der Waals surface area contributed by atoms with E-state index >= 15 is 0 Å². The molecule has 4 heterocycles. The van der Waals surface area contributed by atoms with E-state index in [1.54, 1.807) is 11.8 Å². The zero-order chi connectivity index (χ0) is 15.1. The second-order valence-electron chi connectivity index (χ2n) is 5.45. The van der Waals surface area contributed by atoms with Crippen molar-refractivity contribution in [3.05, 3.63) is 29.5 Å². The van der Waals surface area contributed by atoms with E-state index in [1.807, 2.05) is 19.4 Å². The van der Waals surface area contributed by atoms with Crippen molar-refractivity contribution in [2.45, 2.75) is 19.6 Å². The van der Waals surface area contributed by atoms with E-state index < -0.39 is 0 Å². The van der Waals surface area contributed by atoms with E-state index in [1.165, 1.54) is 11.3 Å². The van der Waals surface area contributed by atoms with Gasteiger partial charge in [-0.2, -0.15) is 10.2 Å². The lowest BCUT2D eigenvalue weighted by Crippen LogP contribution is -2.31. The van der Waals surface area contributed by atoms with Crippen LogP contribution >= 0.6 is 0 Å². The number of methoxy groups -OCH3 is 1. The van der Waals surface area contributed by atoms with Gasteiger partial charge in [-0.3, -0.25) is 9.78 Å². The van der Waals surface area contributed by atoms with Gasteiger partial charge in [0.25, 0.3) is 0 Å². The Labute approximate surface area is 127 Å². The first-order chi connectivity index (χ1) is 10.8. The van der Waals surface area contributed by atoms with Gasteiger partial charge in [0.1, 0.15) is 12.4 Å². The lowest BCUT2D eigenvalue weighted by Gasteiger charge is -2.28. The molecule has 0 radical (unpaired) electrons. The van der Waals surface area contributed by atoms with Crippen LogP contribution in [0.4, 0.5) is 5.82 Å². The third kappa shape index (κ3) is 2.03. The summed E-state index contributed by atoms with van der Waals surface area (Å²) in [6.07, 6.45) is 4.64. The van der Waals surface area contributed by atoms with Crippen LogP contribution in [0, 0.1) is 0 Å². The summed E-state index contributed by atoms with van der Waals surface area (Å²) in [6, 6.07) is 0. The van der Waals surface area contributed by atoms with Crippen molar-refractivity contribution in [3.63, 3.8) is 0 Å². The number of H-pyrrole nitrogens is 1. The maximum atomic E-state index is 5.19. The number of ether oxygens (including phenoxy) is 1. The molecule has 0 aliphatic carbocycles. The van der Waals surface area contributed by atoms with Crippen LogP contribution in [0.3, 0.4) is 0 Å². The average Bonchev–Trinajstić information content (AvgIpc) is 3.13. The lowest BCUT2D eigenvalue weighted by molar-refractivity contribution is 0.178. The fourth-order valence-electron chi connectivity index (χ4n) is 2.89. The SMILES string of the molecule is COCc1nc(N2CCc3[nH]ncc3C2)c2cnn(C)c2n1. The van der Waals surface area contributed by atoms with Crippen LogP contribution in [0.2, 0.25) is 0 Å². The molecule has 0 saturated heterocycles. The molecule has 3 aromatic rings. The van der Waals surface area contributed by atoms with Gasteiger partial charge in [0.05, 0.1) is 17.8 Å². The number of aromatic amines is 1. The number of hydrogen-bond donors (Lipinski definition) is 1. The van der Waals surface area contributed by atoms with Gasteiger partial charge in [0.15, 0.2) is 11.5 Å². The third-order valence-electron chi connectivity index (χ3n) is 3.99. The molecule has 0 spiro atoms. The summed E-state index contributed by atoms with van der Waals surface area (Å²) in [5.74, 6) is 1.59. The van der Waals surface area contributed by atoms with Gasteiger partial charge < -0.3 is 9.64 Å². The van der Waals surface area contributed by atoms with Crippen LogP contribution in [0.1, 0.15) is 17.1 Å². The van der Waals surface area contributed by atoms with Gasteiger partial charge in [-0.25, -0.2) is 9.97 Å². The number of nitrogens with zero attached hydrogens (tertiary/aromatic N) is 6.